The lowest BCUT2D eigenvalue weighted by molar-refractivity contribution is -0.121. The topological polar surface area (TPSA) is 59.6 Å². The number of carbonyl (C=O) groups excluding carboxylic acids is 1. The number of rotatable bonds is 6. The van der Waals surface area contributed by atoms with Crippen LogP contribution in [0.5, 0.6) is 11.5 Å². The van der Waals surface area contributed by atoms with Crippen molar-refractivity contribution in [2.75, 3.05) is 25.1 Å². The Hall–Kier alpha value is -2.76. The number of nitrogens with one attached hydrogen (secondary N) is 2. The van der Waals surface area contributed by atoms with E-state index < -0.39 is 6.04 Å². The van der Waals surface area contributed by atoms with Gasteiger partial charge in [0.2, 0.25) is 5.91 Å². The van der Waals surface area contributed by atoms with Crippen LogP contribution < -0.4 is 20.1 Å². The van der Waals surface area contributed by atoms with Crippen LogP contribution in [0.25, 0.3) is 0 Å². The second-order valence-corrected chi connectivity index (χ2v) is 5.89. The van der Waals surface area contributed by atoms with E-state index in [0.29, 0.717) is 37.7 Å². The average Bonchev–Trinajstić information content (AvgIpc) is 2.63. The normalized spacial score (nSPS) is 13.8. The summed E-state index contributed by atoms with van der Waals surface area (Å²) in [6.45, 7) is 3.37. The summed E-state index contributed by atoms with van der Waals surface area (Å²) in [6.07, 6.45) is 0.656. The van der Waals surface area contributed by atoms with Gasteiger partial charge in [0.1, 0.15) is 25.1 Å². The van der Waals surface area contributed by atoms with E-state index in [2.05, 4.69) is 10.6 Å². The highest BCUT2D eigenvalue weighted by Gasteiger charge is 2.15. The molecule has 0 unspecified atom stereocenters. The summed E-state index contributed by atoms with van der Waals surface area (Å²) in [5.41, 5.74) is 1.78. The van der Waals surface area contributed by atoms with Gasteiger partial charge in [0.25, 0.3) is 0 Å². The molecule has 0 bridgehead atoms. The second-order valence-electron chi connectivity index (χ2n) is 5.89. The number of benzene rings is 2. The Morgan fingerprint density at radius 3 is 2.60 bits per heavy atom. The molecule has 2 N–H and O–H groups in total. The molecule has 0 aliphatic carbocycles. The zero-order chi connectivity index (χ0) is 17.6. The van der Waals surface area contributed by atoms with Crippen molar-refractivity contribution in [1.29, 1.82) is 0 Å². The molecule has 1 amide bonds. The molecule has 6 heteroatoms. The summed E-state index contributed by atoms with van der Waals surface area (Å²) in [4.78, 5) is 12.2. The van der Waals surface area contributed by atoms with Crippen molar-refractivity contribution in [3.8, 4) is 11.5 Å². The van der Waals surface area contributed by atoms with Gasteiger partial charge in [0, 0.05) is 18.3 Å². The number of hydrogen-bond acceptors (Lipinski definition) is 4. The van der Waals surface area contributed by atoms with Crippen molar-refractivity contribution in [2.24, 2.45) is 0 Å². The number of hydrogen-bond donors (Lipinski definition) is 2. The summed E-state index contributed by atoms with van der Waals surface area (Å²) in [5, 5.41) is 6.03. The predicted molar refractivity (Wildman–Crippen MR) is 93.6 cm³/mol. The highest BCUT2D eigenvalue weighted by Crippen LogP contribution is 2.32. The van der Waals surface area contributed by atoms with E-state index >= 15 is 0 Å². The third-order valence-electron chi connectivity index (χ3n) is 3.94. The number of amides is 1. The summed E-state index contributed by atoms with van der Waals surface area (Å²) in [6, 6.07) is 11.4. The fourth-order valence-electron chi connectivity index (χ4n) is 2.58. The Labute approximate surface area is 146 Å². The van der Waals surface area contributed by atoms with Gasteiger partial charge < -0.3 is 20.1 Å². The SMILES string of the molecule is C[C@@H](Nc1ccc2c(c1)OCCO2)C(=O)NCCc1ccc(F)cc1. The molecule has 2 aromatic rings. The van der Waals surface area contributed by atoms with Crippen LogP contribution in [0.1, 0.15) is 12.5 Å². The standard InChI is InChI=1S/C19H21FN2O3/c1-13(19(23)21-9-8-14-2-4-15(20)5-3-14)22-16-6-7-17-18(12-16)25-11-10-24-17/h2-7,12-13,22H,8-11H2,1H3,(H,21,23)/t13-/m1/s1. The Balaban J connectivity index is 1.48. The van der Waals surface area contributed by atoms with Crippen molar-refractivity contribution in [2.45, 2.75) is 19.4 Å². The van der Waals surface area contributed by atoms with Crippen LogP contribution in [-0.4, -0.2) is 31.7 Å². The molecule has 1 aliphatic heterocycles. The van der Waals surface area contributed by atoms with E-state index in [-0.39, 0.29) is 11.7 Å². The maximum absolute atomic E-state index is 12.9. The van der Waals surface area contributed by atoms with Crippen LogP contribution in [0, 0.1) is 5.82 Å². The van der Waals surface area contributed by atoms with Gasteiger partial charge in [-0.25, -0.2) is 4.39 Å². The number of anilines is 1. The molecule has 132 valence electrons. The first kappa shape index (κ1) is 17.1. The first-order valence-electron chi connectivity index (χ1n) is 8.30. The fraction of sp³-hybridized carbons (Fsp3) is 0.316. The summed E-state index contributed by atoms with van der Waals surface area (Å²) in [7, 11) is 0. The van der Waals surface area contributed by atoms with Crippen LogP contribution in [0.3, 0.4) is 0 Å². The molecular formula is C19H21FN2O3. The highest BCUT2D eigenvalue weighted by atomic mass is 19.1. The summed E-state index contributed by atoms with van der Waals surface area (Å²) < 4.78 is 23.9. The minimum absolute atomic E-state index is 0.1000. The summed E-state index contributed by atoms with van der Waals surface area (Å²) >= 11 is 0. The van der Waals surface area contributed by atoms with Gasteiger partial charge in [0.15, 0.2) is 11.5 Å². The van der Waals surface area contributed by atoms with Gasteiger partial charge in [-0.1, -0.05) is 12.1 Å². The van der Waals surface area contributed by atoms with E-state index in [4.69, 9.17) is 9.47 Å². The smallest absolute Gasteiger partial charge is 0.242 e. The zero-order valence-electron chi connectivity index (χ0n) is 14.0. The van der Waals surface area contributed by atoms with Crippen LogP contribution in [0.15, 0.2) is 42.5 Å². The van der Waals surface area contributed by atoms with Crippen LogP contribution in [0.4, 0.5) is 10.1 Å². The Kier molecular flexibility index (Phi) is 5.38. The highest BCUT2D eigenvalue weighted by molar-refractivity contribution is 5.84. The van der Waals surface area contributed by atoms with E-state index in [1.54, 1.807) is 19.1 Å². The van der Waals surface area contributed by atoms with Crippen LogP contribution in [-0.2, 0) is 11.2 Å². The van der Waals surface area contributed by atoms with Gasteiger partial charge in [-0.3, -0.25) is 4.79 Å². The molecule has 2 aromatic carbocycles. The number of halogens is 1. The molecule has 0 fully saturated rings. The molecular weight excluding hydrogens is 323 g/mol. The monoisotopic (exact) mass is 344 g/mol. The maximum atomic E-state index is 12.9. The molecule has 1 aliphatic rings. The first-order valence-corrected chi connectivity index (χ1v) is 8.30. The molecule has 1 heterocycles. The summed E-state index contributed by atoms with van der Waals surface area (Å²) in [5.74, 6) is 1.04. The van der Waals surface area contributed by atoms with Gasteiger partial charge in [-0.05, 0) is 43.2 Å². The van der Waals surface area contributed by atoms with Crippen molar-refractivity contribution in [1.82, 2.24) is 5.32 Å². The quantitative estimate of drug-likeness (QED) is 0.846. The fourth-order valence-corrected chi connectivity index (χ4v) is 2.58. The molecule has 1 atom stereocenters. The molecule has 0 aromatic heterocycles. The Morgan fingerprint density at radius 1 is 1.12 bits per heavy atom. The molecule has 0 spiro atoms. The van der Waals surface area contributed by atoms with Gasteiger partial charge in [-0.2, -0.15) is 0 Å². The molecule has 0 radical (unpaired) electrons. The van der Waals surface area contributed by atoms with Crippen LogP contribution in [0.2, 0.25) is 0 Å². The lowest BCUT2D eigenvalue weighted by atomic mass is 10.1. The van der Waals surface area contributed by atoms with Crippen molar-refractivity contribution in [3.05, 3.63) is 53.8 Å². The number of fused-ring (bicyclic) bond motifs is 1. The van der Waals surface area contributed by atoms with E-state index in [1.165, 1.54) is 12.1 Å². The lowest BCUT2D eigenvalue weighted by Crippen LogP contribution is -2.38. The molecule has 25 heavy (non-hydrogen) atoms. The molecule has 0 saturated carbocycles. The number of ether oxygens (including phenoxy) is 2. The minimum Gasteiger partial charge on any atom is -0.486 e. The van der Waals surface area contributed by atoms with Crippen molar-refractivity contribution < 1.29 is 18.7 Å². The molecule has 3 rings (SSSR count). The zero-order valence-corrected chi connectivity index (χ0v) is 14.0. The average molecular weight is 344 g/mol. The van der Waals surface area contributed by atoms with Gasteiger partial charge >= 0.3 is 0 Å². The molecule has 5 nitrogen and oxygen atoms in total. The first-order chi connectivity index (χ1) is 12.1. The second kappa shape index (κ2) is 7.88. The van der Waals surface area contributed by atoms with Crippen molar-refractivity contribution >= 4 is 11.6 Å². The maximum Gasteiger partial charge on any atom is 0.242 e. The Morgan fingerprint density at radius 2 is 1.84 bits per heavy atom. The van der Waals surface area contributed by atoms with Gasteiger partial charge in [-0.15, -0.1) is 0 Å². The minimum atomic E-state index is -0.393. The van der Waals surface area contributed by atoms with Crippen molar-refractivity contribution in [3.63, 3.8) is 0 Å². The van der Waals surface area contributed by atoms with E-state index in [0.717, 1.165) is 11.3 Å². The van der Waals surface area contributed by atoms with Gasteiger partial charge in [0.05, 0.1) is 0 Å². The largest absolute Gasteiger partial charge is 0.486 e. The third-order valence-corrected chi connectivity index (χ3v) is 3.94. The van der Waals surface area contributed by atoms with E-state index in [9.17, 15) is 9.18 Å². The molecule has 0 saturated heterocycles. The predicted octanol–water partition coefficient (Wildman–Crippen LogP) is 2.76. The van der Waals surface area contributed by atoms with Crippen LogP contribution >= 0.6 is 0 Å². The number of carbonyl (C=O) groups is 1. The third kappa shape index (κ3) is 4.62. The van der Waals surface area contributed by atoms with E-state index in [1.807, 2.05) is 18.2 Å². The Bertz CT molecular complexity index is 734. The lowest BCUT2D eigenvalue weighted by Gasteiger charge is -2.20.